The van der Waals surface area contributed by atoms with E-state index in [0.29, 0.717) is 27.3 Å². The number of nitro groups is 1. The summed E-state index contributed by atoms with van der Waals surface area (Å²) in [5, 5.41) is 21.2. The number of carboxylic acids is 1. The Morgan fingerprint density at radius 2 is 1.91 bits per heavy atom. The van der Waals surface area contributed by atoms with Gasteiger partial charge in [0.25, 0.3) is 5.69 Å². The highest BCUT2D eigenvalue weighted by Gasteiger charge is 2.33. The average Bonchev–Trinajstić information content (AvgIpc) is 2.82. The van der Waals surface area contributed by atoms with E-state index in [1.807, 2.05) is 0 Å². The molecule has 1 aliphatic heterocycles. The zero-order chi connectivity index (χ0) is 16.6. The summed E-state index contributed by atoms with van der Waals surface area (Å²) in [5.74, 6) is -1.14. The van der Waals surface area contributed by atoms with Crippen molar-refractivity contribution in [2.45, 2.75) is 6.42 Å². The van der Waals surface area contributed by atoms with Crippen molar-refractivity contribution < 1.29 is 19.2 Å². The highest BCUT2D eigenvalue weighted by atomic mass is 35.5. The zero-order valence-electron chi connectivity index (χ0n) is 11.7. The van der Waals surface area contributed by atoms with Crippen LogP contribution in [0, 0.1) is 10.1 Å². The van der Waals surface area contributed by atoms with Gasteiger partial charge in [-0.05, 0) is 29.3 Å². The molecule has 2 aliphatic rings. The Morgan fingerprint density at radius 3 is 2.52 bits per heavy atom. The number of hydrogen-bond donors (Lipinski definition) is 1. The molecule has 6 nitrogen and oxygen atoms in total. The number of fused-ring (bicyclic) bond motifs is 1. The fourth-order valence-corrected chi connectivity index (χ4v) is 2.80. The average molecular weight is 332 g/mol. The standard InChI is InChI=1S/C16H10ClNO5/c17-10-3-1-9(2-4-10)15-13-8-23-6-5-11(13)12(7-14(19)20)16(15)18(21)22/h1-6,8H,7H2,(H,19,20). The van der Waals surface area contributed by atoms with E-state index >= 15 is 0 Å². The summed E-state index contributed by atoms with van der Waals surface area (Å²) in [6.45, 7) is 0. The largest absolute Gasteiger partial charge is 0.481 e. The molecule has 0 atom stereocenters. The highest BCUT2D eigenvalue weighted by Crippen LogP contribution is 2.48. The van der Waals surface area contributed by atoms with Gasteiger partial charge >= 0.3 is 5.97 Å². The van der Waals surface area contributed by atoms with Crippen LogP contribution in [0.25, 0.3) is 22.3 Å². The first-order chi connectivity index (χ1) is 11.0. The third-order valence-corrected chi connectivity index (χ3v) is 3.80. The molecule has 1 aromatic rings. The van der Waals surface area contributed by atoms with E-state index in [4.69, 9.17) is 21.1 Å². The van der Waals surface area contributed by atoms with Crippen LogP contribution in [0.4, 0.5) is 5.69 Å². The SMILES string of the molecule is O=C(O)Cc1c2ccocc-2c(-c2ccc(Cl)cc2)c1[N+](=O)[O-]. The van der Waals surface area contributed by atoms with Crippen LogP contribution in [-0.4, -0.2) is 16.0 Å². The normalized spacial score (nSPS) is 10.8. The second-order valence-corrected chi connectivity index (χ2v) is 5.36. The number of carbonyl (C=O) groups is 1. The number of aliphatic carboxylic acids is 1. The number of rotatable bonds is 4. The zero-order valence-corrected chi connectivity index (χ0v) is 12.4. The summed E-state index contributed by atoms with van der Waals surface area (Å²) in [7, 11) is 0. The summed E-state index contributed by atoms with van der Waals surface area (Å²) in [6.07, 6.45) is 2.31. The van der Waals surface area contributed by atoms with Gasteiger partial charge in [-0.15, -0.1) is 0 Å². The lowest BCUT2D eigenvalue weighted by atomic mass is 10.0. The third-order valence-electron chi connectivity index (χ3n) is 3.55. The minimum absolute atomic E-state index is 0.165. The molecule has 1 N–H and O–H groups in total. The van der Waals surface area contributed by atoms with Gasteiger partial charge in [0.2, 0.25) is 0 Å². The molecule has 1 heterocycles. The van der Waals surface area contributed by atoms with Crippen molar-refractivity contribution in [3.8, 4) is 22.3 Å². The van der Waals surface area contributed by atoms with Crippen molar-refractivity contribution in [3.05, 3.63) is 63.6 Å². The van der Waals surface area contributed by atoms with Crippen LogP contribution in [0.1, 0.15) is 5.56 Å². The van der Waals surface area contributed by atoms with Crippen LogP contribution < -0.4 is 0 Å². The van der Waals surface area contributed by atoms with Crippen LogP contribution in [-0.2, 0) is 11.2 Å². The molecule has 0 unspecified atom stereocenters. The lowest BCUT2D eigenvalue weighted by Gasteiger charge is -2.03. The third kappa shape index (κ3) is 2.64. The van der Waals surface area contributed by atoms with E-state index in [1.54, 1.807) is 30.3 Å². The van der Waals surface area contributed by atoms with Crippen LogP contribution in [0.2, 0.25) is 5.02 Å². The molecule has 7 heteroatoms. The molecule has 23 heavy (non-hydrogen) atoms. The molecule has 0 saturated carbocycles. The summed E-state index contributed by atoms with van der Waals surface area (Å²) in [4.78, 5) is 22.2. The highest BCUT2D eigenvalue weighted by molar-refractivity contribution is 6.30. The molecule has 1 aromatic carbocycles. The van der Waals surface area contributed by atoms with Crippen molar-refractivity contribution in [2.24, 2.45) is 0 Å². The van der Waals surface area contributed by atoms with Crippen molar-refractivity contribution >= 4 is 23.3 Å². The maximum absolute atomic E-state index is 11.6. The molecule has 0 amide bonds. The van der Waals surface area contributed by atoms with Crippen LogP contribution in [0.5, 0.6) is 0 Å². The van der Waals surface area contributed by atoms with Gasteiger partial charge in [-0.2, -0.15) is 0 Å². The Balaban J connectivity index is 2.36. The second-order valence-electron chi connectivity index (χ2n) is 4.92. The van der Waals surface area contributed by atoms with Crippen molar-refractivity contribution in [3.63, 3.8) is 0 Å². The van der Waals surface area contributed by atoms with Gasteiger partial charge in [0, 0.05) is 16.1 Å². The molecule has 116 valence electrons. The molecular weight excluding hydrogens is 322 g/mol. The van der Waals surface area contributed by atoms with Gasteiger partial charge in [0.1, 0.15) is 0 Å². The van der Waals surface area contributed by atoms with E-state index in [-0.39, 0.29) is 11.3 Å². The maximum atomic E-state index is 11.6. The summed E-state index contributed by atoms with van der Waals surface area (Å²) in [5.41, 5.74) is 1.85. The van der Waals surface area contributed by atoms with E-state index < -0.39 is 17.3 Å². The molecule has 0 radical (unpaired) electrons. The summed E-state index contributed by atoms with van der Waals surface area (Å²) in [6, 6.07) is 8.09. The molecule has 3 rings (SSSR count). The Kier molecular flexibility index (Phi) is 3.75. The molecule has 0 spiro atoms. The topological polar surface area (TPSA) is 93.6 Å². The number of hydrogen-bond acceptors (Lipinski definition) is 4. The second kappa shape index (κ2) is 5.73. The minimum atomic E-state index is -1.14. The van der Waals surface area contributed by atoms with Crippen molar-refractivity contribution in [2.75, 3.05) is 0 Å². The van der Waals surface area contributed by atoms with Crippen LogP contribution in [0.3, 0.4) is 0 Å². The lowest BCUT2D eigenvalue weighted by Crippen LogP contribution is -2.02. The number of halogens is 1. The molecule has 1 aliphatic carbocycles. The van der Waals surface area contributed by atoms with Gasteiger partial charge in [0.15, 0.2) is 0 Å². The first-order valence-electron chi connectivity index (χ1n) is 6.62. The monoisotopic (exact) mass is 331 g/mol. The predicted molar refractivity (Wildman–Crippen MR) is 83.8 cm³/mol. The minimum Gasteiger partial charge on any atom is -0.481 e. The number of carboxylic acid groups (broad SMARTS) is 1. The van der Waals surface area contributed by atoms with E-state index in [1.165, 1.54) is 12.5 Å². The molecule has 0 saturated heterocycles. The fraction of sp³-hybridized carbons (Fsp3) is 0.0625. The molecule has 0 aromatic heterocycles. The lowest BCUT2D eigenvalue weighted by molar-refractivity contribution is -0.384. The van der Waals surface area contributed by atoms with E-state index in [2.05, 4.69) is 0 Å². The van der Waals surface area contributed by atoms with E-state index in [0.717, 1.165) is 0 Å². The van der Waals surface area contributed by atoms with Gasteiger partial charge in [-0.25, -0.2) is 0 Å². The first kappa shape index (κ1) is 15.1. The van der Waals surface area contributed by atoms with Crippen molar-refractivity contribution in [1.29, 1.82) is 0 Å². The maximum Gasteiger partial charge on any atom is 0.308 e. The number of nitrogens with zero attached hydrogens (tertiary/aromatic N) is 1. The Hall–Kier alpha value is -2.86. The number of benzene rings is 1. The van der Waals surface area contributed by atoms with Crippen LogP contribution in [0.15, 0.2) is 47.3 Å². The molecule has 0 fully saturated rings. The summed E-state index contributed by atoms with van der Waals surface area (Å²) >= 11 is 5.86. The Morgan fingerprint density at radius 1 is 1.22 bits per heavy atom. The van der Waals surface area contributed by atoms with Gasteiger partial charge in [-0.3, -0.25) is 14.9 Å². The van der Waals surface area contributed by atoms with E-state index in [9.17, 15) is 14.9 Å². The predicted octanol–water partition coefficient (Wildman–Crippen LogP) is 4.24. The Labute approximate surface area is 135 Å². The van der Waals surface area contributed by atoms with Gasteiger partial charge in [0.05, 0.1) is 29.4 Å². The van der Waals surface area contributed by atoms with Crippen molar-refractivity contribution in [1.82, 2.24) is 0 Å². The molecular formula is C16H10ClNO5. The van der Waals surface area contributed by atoms with Gasteiger partial charge in [-0.1, -0.05) is 23.7 Å². The fourth-order valence-electron chi connectivity index (χ4n) is 2.67. The first-order valence-corrected chi connectivity index (χ1v) is 6.99. The summed E-state index contributed by atoms with van der Waals surface area (Å²) < 4.78 is 5.13. The Bertz CT molecular complexity index is 869. The smallest absolute Gasteiger partial charge is 0.308 e. The molecule has 0 bridgehead atoms. The van der Waals surface area contributed by atoms with Crippen LogP contribution >= 0.6 is 11.6 Å². The quantitative estimate of drug-likeness (QED) is 0.570. The van der Waals surface area contributed by atoms with Gasteiger partial charge < -0.3 is 9.52 Å².